The minimum absolute atomic E-state index is 0.277. The lowest BCUT2D eigenvalue weighted by Gasteiger charge is -2.20. The van der Waals surface area contributed by atoms with Gasteiger partial charge in [-0.15, -0.1) is 0 Å². The maximum Gasteiger partial charge on any atom is 0.217 e. The number of primary sulfonamides is 1. The van der Waals surface area contributed by atoms with Crippen LogP contribution in [0.15, 0.2) is 0 Å². The molecule has 0 aliphatic heterocycles. The number of nitrogens with one attached hydrogen (secondary N) is 1. The summed E-state index contributed by atoms with van der Waals surface area (Å²) in [5, 5.41) is 11.6. The zero-order valence-corrected chi connectivity index (χ0v) is 7.02. The van der Waals surface area contributed by atoms with Gasteiger partial charge in [0.2, 0.25) is 10.0 Å². The van der Waals surface area contributed by atoms with Gasteiger partial charge in [-0.3, -0.25) is 0 Å². The summed E-state index contributed by atoms with van der Waals surface area (Å²) in [6, 6.07) is 0. The van der Waals surface area contributed by atoms with Crippen molar-refractivity contribution in [2.24, 2.45) is 5.14 Å². The predicted octanol–water partition coefficient (Wildman–Crippen LogP) is 0.237. The van der Waals surface area contributed by atoms with Crippen LogP contribution in [0.5, 0.6) is 0 Å². The topological polar surface area (TPSA) is 84.0 Å². The molecule has 11 heavy (non-hydrogen) atoms. The second-order valence-corrected chi connectivity index (χ2v) is 4.60. The average Bonchev–Trinajstić information content (AvgIpc) is 1.86. The first-order valence-electron chi connectivity index (χ1n) is 3.61. The molecule has 0 heterocycles. The molecular formula is C6H12N2O2S. The SMILES string of the molecule is N=C1CCCCC1S(N)(=O)=O. The largest absolute Gasteiger partial charge is 0.308 e. The summed E-state index contributed by atoms with van der Waals surface area (Å²) >= 11 is 0. The highest BCUT2D eigenvalue weighted by atomic mass is 32.2. The molecule has 1 atom stereocenters. The Morgan fingerprint density at radius 2 is 2.09 bits per heavy atom. The van der Waals surface area contributed by atoms with E-state index in [1.54, 1.807) is 0 Å². The van der Waals surface area contributed by atoms with Crippen molar-refractivity contribution in [3.8, 4) is 0 Å². The Morgan fingerprint density at radius 3 is 2.45 bits per heavy atom. The molecule has 0 amide bonds. The quantitative estimate of drug-likeness (QED) is 0.599. The van der Waals surface area contributed by atoms with Crippen LogP contribution in [-0.2, 0) is 10.0 Å². The van der Waals surface area contributed by atoms with E-state index in [0.717, 1.165) is 12.8 Å². The van der Waals surface area contributed by atoms with Crippen LogP contribution in [-0.4, -0.2) is 19.4 Å². The lowest BCUT2D eigenvalue weighted by atomic mass is 9.98. The predicted molar refractivity (Wildman–Crippen MR) is 43.1 cm³/mol. The summed E-state index contributed by atoms with van der Waals surface area (Å²) in [6.07, 6.45) is 2.90. The number of hydrogen-bond donors (Lipinski definition) is 2. The van der Waals surface area contributed by atoms with Gasteiger partial charge in [0.05, 0.1) is 0 Å². The van der Waals surface area contributed by atoms with Gasteiger partial charge < -0.3 is 5.41 Å². The Hall–Kier alpha value is -0.420. The molecule has 0 aromatic carbocycles. The van der Waals surface area contributed by atoms with Crippen LogP contribution in [0.2, 0.25) is 0 Å². The number of hydrogen-bond acceptors (Lipinski definition) is 3. The van der Waals surface area contributed by atoms with Crippen molar-refractivity contribution in [3.63, 3.8) is 0 Å². The van der Waals surface area contributed by atoms with E-state index in [1.807, 2.05) is 0 Å². The van der Waals surface area contributed by atoms with Crippen LogP contribution >= 0.6 is 0 Å². The van der Waals surface area contributed by atoms with Crippen LogP contribution in [0.25, 0.3) is 0 Å². The van der Waals surface area contributed by atoms with Gasteiger partial charge in [-0.2, -0.15) is 0 Å². The Kier molecular flexibility index (Phi) is 2.29. The van der Waals surface area contributed by atoms with Crippen molar-refractivity contribution in [2.45, 2.75) is 30.9 Å². The van der Waals surface area contributed by atoms with Crippen LogP contribution in [0.1, 0.15) is 25.7 Å². The molecule has 1 saturated carbocycles. The van der Waals surface area contributed by atoms with Crippen molar-refractivity contribution < 1.29 is 8.42 Å². The van der Waals surface area contributed by atoms with Crippen molar-refractivity contribution in [1.82, 2.24) is 0 Å². The van der Waals surface area contributed by atoms with Crippen LogP contribution in [0.4, 0.5) is 0 Å². The van der Waals surface area contributed by atoms with Gasteiger partial charge >= 0.3 is 0 Å². The van der Waals surface area contributed by atoms with Gasteiger partial charge in [0.15, 0.2) is 0 Å². The monoisotopic (exact) mass is 176 g/mol. The van der Waals surface area contributed by atoms with E-state index in [1.165, 1.54) is 0 Å². The van der Waals surface area contributed by atoms with Gasteiger partial charge in [0, 0.05) is 5.71 Å². The van der Waals surface area contributed by atoms with E-state index in [9.17, 15) is 8.42 Å². The molecule has 4 nitrogen and oxygen atoms in total. The Bertz CT molecular complexity index is 258. The lowest BCUT2D eigenvalue weighted by molar-refractivity contribution is 0.573. The molecule has 1 aliphatic rings. The van der Waals surface area contributed by atoms with Crippen molar-refractivity contribution >= 4 is 15.7 Å². The van der Waals surface area contributed by atoms with Crippen LogP contribution in [0.3, 0.4) is 0 Å². The molecule has 0 radical (unpaired) electrons. The standard InChI is InChI=1S/C6H12N2O2S/c7-5-3-1-2-4-6(5)11(8,9)10/h6-7H,1-4H2,(H2,8,9,10). The third-order valence-electron chi connectivity index (χ3n) is 1.95. The summed E-state index contributed by atoms with van der Waals surface area (Å²) in [5.41, 5.74) is 0.277. The smallest absolute Gasteiger partial charge is 0.217 e. The molecule has 3 N–H and O–H groups in total. The molecule has 1 unspecified atom stereocenters. The number of rotatable bonds is 1. The molecule has 5 heteroatoms. The van der Waals surface area contributed by atoms with E-state index in [-0.39, 0.29) is 5.71 Å². The summed E-state index contributed by atoms with van der Waals surface area (Å²) in [6.45, 7) is 0. The highest BCUT2D eigenvalue weighted by Gasteiger charge is 2.28. The minimum Gasteiger partial charge on any atom is -0.308 e. The fourth-order valence-corrected chi connectivity index (χ4v) is 2.35. The molecule has 0 spiro atoms. The summed E-state index contributed by atoms with van der Waals surface area (Å²) < 4.78 is 21.7. The molecule has 0 aromatic rings. The highest BCUT2D eigenvalue weighted by molar-refractivity contribution is 7.90. The summed E-state index contributed by atoms with van der Waals surface area (Å²) in [4.78, 5) is 0. The molecule has 1 fully saturated rings. The molecule has 1 rings (SSSR count). The third-order valence-corrected chi connectivity index (χ3v) is 3.26. The Morgan fingerprint density at radius 1 is 1.45 bits per heavy atom. The second kappa shape index (κ2) is 2.91. The molecular weight excluding hydrogens is 164 g/mol. The summed E-state index contributed by atoms with van der Waals surface area (Å²) in [5.74, 6) is 0. The van der Waals surface area contributed by atoms with Gasteiger partial charge in [-0.05, 0) is 19.3 Å². The fourth-order valence-electron chi connectivity index (χ4n) is 1.34. The van der Waals surface area contributed by atoms with Crippen LogP contribution in [0, 0.1) is 5.41 Å². The molecule has 0 aromatic heterocycles. The molecule has 64 valence electrons. The van der Waals surface area contributed by atoms with Crippen molar-refractivity contribution in [2.75, 3.05) is 0 Å². The van der Waals surface area contributed by atoms with E-state index >= 15 is 0 Å². The first-order chi connectivity index (χ1) is 5.02. The molecule has 1 aliphatic carbocycles. The van der Waals surface area contributed by atoms with Gasteiger partial charge in [0.25, 0.3) is 0 Å². The van der Waals surface area contributed by atoms with Gasteiger partial charge in [-0.1, -0.05) is 6.42 Å². The maximum atomic E-state index is 10.8. The number of sulfonamides is 1. The fraction of sp³-hybridized carbons (Fsp3) is 0.833. The zero-order chi connectivity index (χ0) is 8.48. The van der Waals surface area contributed by atoms with Crippen molar-refractivity contribution in [3.05, 3.63) is 0 Å². The Labute approximate surface area is 66.3 Å². The molecule has 0 bridgehead atoms. The zero-order valence-electron chi connectivity index (χ0n) is 6.21. The minimum atomic E-state index is -3.50. The average molecular weight is 176 g/mol. The number of nitrogens with two attached hydrogens (primary N) is 1. The van der Waals surface area contributed by atoms with Gasteiger partial charge in [-0.25, -0.2) is 13.6 Å². The first-order valence-corrected chi connectivity index (χ1v) is 5.21. The van der Waals surface area contributed by atoms with E-state index in [2.05, 4.69) is 0 Å². The second-order valence-electron chi connectivity index (χ2n) is 2.85. The third kappa shape index (κ3) is 2.00. The molecule has 0 saturated heterocycles. The Balaban J connectivity index is 2.78. The maximum absolute atomic E-state index is 10.8. The highest BCUT2D eigenvalue weighted by Crippen LogP contribution is 2.19. The first kappa shape index (κ1) is 8.67. The van der Waals surface area contributed by atoms with E-state index in [4.69, 9.17) is 10.5 Å². The van der Waals surface area contributed by atoms with Crippen LogP contribution < -0.4 is 5.14 Å². The van der Waals surface area contributed by atoms with Crippen molar-refractivity contribution in [1.29, 1.82) is 5.41 Å². The van der Waals surface area contributed by atoms with E-state index < -0.39 is 15.3 Å². The summed E-state index contributed by atoms with van der Waals surface area (Å²) in [7, 11) is -3.50. The van der Waals surface area contributed by atoms with Gasteiger partial charge in [0.1, 0.15) is 5.25 Å². The van der Waals surface area contributed by atoms with E-state index in [0.29, 0.717) is 12.8 Å². The normalized spacial score (nSPS) is 27.0. The lowest BCUT2D eigenvalue weighted by Crippen LogP contribution is -2.37.